The number of rotatable bonds is 10. The molecular weight excluding hydrogens is 437 g/mol. The normalized spacial score (nSPS) is 14.9. The van der Waals surface area contributed by atoms with Crippen molar-refractivity contribution in [3.8, 4) is 5.69 Å². The summed E-state index contributed by atoms with van der Waals surface area (Å²) in [6.45, 7) is 15.9. The largest absolute Gasteiger partial charge is 0.354 e. The van der Waals surface area contributed by atoms with Gasteiger partial charge in [-0.1, -0.05) is 37.3 Å². The third-order valence-corrected chi connectivity index (χ3v) is 7.19. The van der Waals surface area contributed by atoms with Crippen molar-refractivity contribution in [2.75, 3.05) is 44.2 Å². The number of piperazine rings is 1. The van der Waals surface area contributed by atoms with E-state index < -0.39 is 0 Å². The molecule has 1 fully saturated rings. The van der Waals surface area contributed by atoms with Crippen molar-refractivity contribution < 1.29 is 4.39 Å². The Labute approximate surface area is 210 Å². The van der Waals surface area contributed by atoms with Crippen molar-refractivity contribution in [1.29, 1.82) is 0 Å². The molecule has 6 heteroatoms. The molecule has 2 aromatic carbocycles. The van der Waals surface area contributed by atoms with E-state index >= 15 is 0 Å². The Bertz CT molecular complexity index is 1050. The first-order chi connectivity index (χ1) is 17.0. The summed E-state index contributed by atoms with van der Waals surface area (Å²) >= 11 is 0. The number of hydrogen-bond donors (Lipinski definition) is 0. The van der Waals surface area contributed by atoms with Crippen LogP contribution in [-0.4, -0.2) is 64.9 Å². The van der Waals surface area contributed by atoms with E-state index in [1.54, 1.807) is 0 Å². The van der Waals surface area contributed by atoms with Gasteiger partial charge in [-0.15, -0.1) is 0 Å². The van der Waals surface area contributed by atoms with Crippen LogP contribution in [0.4, 0.5) is 10.2 Å². The molecular formula is C29H40FN5. The predicted octanol–water partition coefficient (Wildman–Crippen LogP) is 5.30. The number of nitrogens with zero attached hydrogens (tertiary/aromatic N) is 5. The smallest absolute Gasteiger partial charge is 0.137 e. The van der Waals surface area contributed by atoms with E-state index in [0.29, 0.717) is 6.04 Å². The second-order valence-electron chi connectivity index (χ2n) is 9.85. The quantitative estimate of drug-likeness (QED) is 0.396. The molecule has 1 aromatic heterocycles. The van der Waals surface area contributed by atoms with Gasteiger partial charge >= 0.3 is 0 Å². The monoisotopic (exact) mass is 477 g/mol. The van der Waals surface area contributed by atoms with E-state index in [1.165, 1.54) is 29.1 Å². The number of aryl methyl sites for hydroxylation is 2. The van der Waals surface area contributed by atoms with Gasteiger partial charge in [0.15, 0.2) is 0 Å². The highest BCUT2D eigenvalue weighted by atomic mass is 19.1. The fourth-order valence-electron chi connectivity index (χ4n) is 4.95. The zero-order valence-corrected chi connectivity index (χ0v) is 21.8. The molecule has 0 atom stereocenters. The van der Waals surface area contributed by atoms with Crippen LogP contribution in [0.2, 0.25) is 0 Å². The molecule has 3 aromatic rings. The topological polar surface area (TPSA) is 27.5 Å². The number of benzene rings is 2. The predicted molar refractivity (Wildman–Crippen MR) is 143 cm³/mol. The maximum absolute atomic E-state index is 13.7. The SMILES string of the molecule is CCN1CCN(c2c(CN(CCCc3ccccc3)C(C)C)c(C)nn2-c2ccc(F)cc2)CC1. The molecule has 4 rings (SSSR count). The van der Waals surface area contributed by atoms with Gasteiger partial charge in [0.05, 0.1) is 11.4 Å². The van der Waals surface area contributed by atoms with Gasteiger partial charge in [-0.25, -0.2) is 9.07 Å². The first-order valence-electron chi connectivity index (χ1n) is 13.1. The third-order valence-electron chi connectivity index (χ3n) is 7.19. The Morgan fingerprint density at radius 2 is 1.66 bits per heavy atom. The average molecular weight is 478 g/mol. The van der Waals surface area contributed by atoms with Crippen LogP contribution in [0.1, 0.15) is 44.0 Å². The lowest BCUT2D eigenvalue weighted by Crippen LogP contribution is -2.47. The molecule has 35 heavy (non-hydrogen) atoms. The standard InChI is InChI=1S/C29H40FN5/c1-5-32-18-20-33(21-19-32)29-28(24(4)31-35(29)27-15-13-26(30)14-16-27)22-34(23(2)3)17-9-12-25-10-7-6-8-11-25/h6-8,10-11,13-16,23H,5,9,12,17-22H2,1-4H3. The minimum Gasteiger partial charge on any atom is -0.354 e. The van der Waals surface area contributed by atoms with Gasteiger partial charge in [0.2, 0.25) is 0 Å². The highest BCUT2D eigenvalue weighted by Crippen LogP contribution is 2.30. The van der Waals surface area contributed by atoms with Gasteiger partial charge < -0.3 is 9.80 Å². The highest BCUT2D eigenvalue weighted by Gasteiger charge is 2.26. The summed E-state index contributed by atoms with van der Waals surface area (Å²) < 4.78 is 15.7. The van der Waals surface area contributed by atoms with E-state index in [9.17, 15) is 4.39 Å². The Balaban J connectivity index is 1.60. The summed E-state index contributed by atoms with van der Waals surface area (Å²) in [6, 6.07) is 17.9. The Hall–Kier alpha value is -2.70. The molecule has 0 radical (unpaired) electrons. The summed E-state index contributed by atoms with van der Waals surface area (Å²) in [6.07, 6.45) is 2.21. The fraction of sp³-hybridized carbons (Fsp3) is 0.483. The van der Waals surface area contributed by atoms with Crippen LogP contribution >= 0.6 is 0 Å². The molecule has 5 nitrogen and oxygen atoms in total. The van der Waals surface area contributed by atoms with Crippen molar-refractivity contribution in [2.45, 2.75) is 53.1 Å². The Morgan fingerprint density at radius 3 is 2.29 bits per heavy atom. The molecule has 1 aliphatic heterocycles. The van der Waals surface area contributed by atoms with Crippen LogP contribution in [0.5, 0.6) is 0 Å². The van der Waals surface area contributed by atoms with E-state index in [-0.39, 0.29) is 5.82 Å². The number of halogens is 1. The van der Waals surface area contributed by atoms with Crippen molar-refractivity contribution in [3.63, 3.8) is 0 Å². The van der Waals surface area contributed by atoms with Crippen molar-refractivity contribution in [1.82, 2.24) is 19.6 Å². The van der Waals surface area contributed by atoms with Crippen LogP contribution < -0.4 is 4.90 Å². The lowest BCUT2D eigenvalue weighted by atomic mass is 10.1. The molecule has 1 aliphatic rings. The lowest BCUT2D eigenvalue weighted by Gasteiger charge is -2.36. The van der Waals surface area contributed by atoms with E-state index in [0.717, 1.165) is 70.0 Å². The fourth-order valence-corrected chi connectivity index (χ4v) is 4.95. The van der Waals surface area contributed by atoms with Gasteiger partial charge in [-0.2, -0.15) is 5.10 Å². The minimum absolute atomic E-state index is 0.222. The Morgan fingerprint density at radius 1 is 0.971 bits per heavy atom. The second-order valence-corrected chi connectivity index (χ2v) is 9.85. The molecule has 0 unspecified atom stereocenters. The van der Waals surface area contributed by atoms with Gasteiger partial charge in [0, 0.05) is 44.3 Å². The van der Waals surface area contributed by atoms with Crippen molar-refractivity contribution in [2.24, 2.45) is 0 Å². The summed E-state index contributed by atoms with van der Waals surface area (Å²) in [5.41, 5.74) is 4.64. The molecule has 0 N–H and O–H groups in total. The van der Waals surface area contributed by atoms with Gasteiger partial charge in [0.25, 0.3) is 0 Å². The molecule has 0 bridgehead atoms. The van der Waals surface area contributed by atoms with Crippen molar-refractivity contribution >= 4 is 5.82 Å². The molecule has 0 spiro atoms. The van der Waals surface area contributed by atoms with E-state index in [2.05, 4.69) is 72.7 Å². The number of hydrogen-bond acceptors (Lipinski definition) is 4. The van der Waals surface area contributed by atoms with Crippen LogP contribution in [0, 0.1) is 12.7 Å². The van der Waals surface area contributed by atoms with E-state index in [4.69, 9.17) is 5.10 Å². The maximum Gasteiger partial charge on any atom is 0.137 e. The van der Waals surface area contributed by atoms with Gasteiger partial charge in [0.1, 0.15) is 11.6 Å². The van der Waals surface area contributed by atoms with Crippen LogP contribution in [0.3, 0.4) is 0 Å². The Kier molecular flexibility index (Phi) is 8.58. The summed E-state index contributed by atoms with van der Waals surface area (Å²) in [5.74, 6) is 0.943. The molecule has 0 aliphatic carbocycles. The first-order valence-corrected chi connectivity index (χ1v) is 13.1. The lowest BCUT2D eigenvalue weighted by molar-refractivity contribution is 0.209. The molecule has 0 amide bonds. The molecule has 0 saturated carbocycles. The zero-order valence-electron chi connectivity index (χ0n) is 21.8. The summed E-state index contributed by atoms with van der Waals surface area (Å²) in [4.78, 5) is 7.53. The first kappa shape index (κ1) is 25.4. The number of likely N-dealkylation sites (N-methyl/N-ethyl adjacent to an activating group) is 1. The molecule has 188 valence electrons. The second kappa shape index (κ2) is 11.8. The average Bonchev–Trinajstić information content (AvgIpc) is 3.20. The summed E-state index contributed by atoms with van der Waals surface area (Å²) in [5, 5.41) is 4.98. The van der Waals surface area contributed by atoms with Crippen LogP contribution in [0.25, 0.3) is 5.69 Å². The number of anilines is 1. The number of aromatic nitrogens is 2. The minimum atomic E-state index is -0.222. The van der Waals surface area contributed by atoms with Gasteiger partial charge in [-0.3, -0.25) is 4.90 Å². The zero-order chi connectivity index (χ0) is 24.8. The van der Waals surface area contributed by atoms with Crippen molar-refractivity contribution in [3.05, 3.63) is 77.2 Å². The maximum atomic E-state index is 13.7. The molecule has 1 saturated heterocycles. The summed E-state index contributed by atoms with van der Waals surface area (Å²) in [7, 11) is 0. The van der Waals surface area contributed by atoms with Crippen LogP contribution in [-0.2, 0) is 13.0 Å². The van der Waals surface area contributed by atoms with E-state index in [1.807, 2.05) is 16.8 Å². The molecule has 2 heterocycles. The van der Waals surface area contributed by atoms with Crippen LogP contribution in [0.15, 0.2) is 54.6 Å². The third kappa shape index (κ3) is 6.30. The van der Waals surface area contributed by atoms with Gasteiger partial charge in [-0.05, 0) is 76.5 Å². The highest BCUT2D eigenvalue weighted by molar-refractivity contribution is 5.56.